The first-order valence-electron chi connectivity index (χ1n) is 9.85. The number of allylic oxidation sites excluding steroid dienone is 2. The summed E-state index contributed by atoms with van der Waals surface area (Å²) in [5, 5.41) is 2.90. The average molecular weight is 417 g/mol. The molecular formula is C24H23N3O4. The van der Waals surface area contributed by atoms with Crippen LogP contribution >= 0.6 is 0 Å². The van der Waals surface area contributed by atoms with Gasteiger partial charge in [0.05, 0.1) is 14.2 Å². The van der Waals surface area contributed by atoms with Crippen LogP contribution in [0.5, 0.6) is 11.5 Å². The Bertz CT molecular complexity index is 1120. The van der Waals surface area contributed by atoms with Crippen LogP contribution in [0.15, 0.2) is 77.4 Å². The van der Waals surface area contributed by atoms with Gasteiger partial charge in [0.1, 0.15) is 17.3 Å². The molecule has 0 aromatic heterocycles. The fourth-order valence-electron chi connectivity index (χ4n) is 3.73. The van der Waals surface area contributed by atoms with Crippen molar-refractivity contribution < 1.29 is 19.1 Å². The number of ether oxygens (including phenoxy) is 2. The Morgan fingerprint density at radius 3 is 2.58 bits per heavy atom. The van der Waals surface area contributed by atoms with E-state index in [2.05, 4.69) is 5.32 Å². The molecule has 2 aromatic rings. The number of hydrogen-bond acceptors (Lipinski definition) is 5. The number of nitrogens with zero attached hydrogens (tertiary/aromatic N) is 2. The molecule has 7 heteroatoms. The Morgan fingerprint density at radius 2 is 1.90 bits per heavy atom. The summed E-state index contributed by atoms with van der Waals surface area (Å²) in [7, 11) is 3.13. The van der Waals surface area contributed by atoms with Gasteiger partial charge >= 0.3 is 0 Å². The predicted octanol–water partition coefficient (Wildman–Crippen LogP) is 3.09. The highest BCUT2D eigenvalue weighted by Crippen LogP contribution is 2.34. The summed E-state index contributed by atoms with van der Waals surface area (Å²) in [4.78, 5) is 32.9. The lowest BCUT2D eigenvalue weighted by Gasteiger charge is -2.27. The van der Waals surface area contributed by atoms with Crippen molar-refractivity contribution in [3.8, 4) is 11.5 Å². The Morgan fingerprint density at radius 1 is 1.13 bits per heavy atom. The van der Waals surface area contributed by atoms with Crippen LogP contribution < -0.4 is 14.8 Å². The van der Waals surface area contributed by atoms with Gasteiger partial charge in [-0.05, 0) is 48.9 Å². The highest BCUT2D eigenvalue weighted by molar-refractivity contribution is 6.17. The maximum absolute atomic E-state index is 13.6. The molecule has 0 bridgehead atoms. The van der Waals surface area contributed by atoms with Crippen LogP contribution in [-0.4, -0.2) is 42.4 Å². The molecule has 31 heavy (non-hydrogen) atoms. The monoisotopic (exact) mass is 417 g/mol. The summed E-state index contributed by atoms with van der Waals surface area (Å²) in [5.74, 6) is 0.996. The van der Waals surface area contributed by atoms with E-state index in [0.29, 0.717) is 28.5 Å². The lowest BCUT2D eigenvalue weighted by Crippen LogP contribution is -2.55. The third kappa shape index (κ3) is 3.70. The van der Waals surface area contributed by atoms with Gasteiger partial charge in [-0.25, -0.2) is 4.99 Å². The molecule has 0 spiro atoms. The number of carbonyl (C=O) groups excluding carboxylic acids is 2. The van der Waals surface area contributed by atoms with Crippen molar-refractivity contribution in [1.82, 2.24) is 10.2 Å². The zero-order valence-corrected chi connectivity index (χ0v) is 17.6. The molecule has 2 aliphatic heterocycles. The van der Waals surface area contributed by atoms with E-state index in [9.17, 15) is 9.59 Å². The van der Waals surface area contributed by atoms with Gasteiger partial charge in [0.25, 0.3) is 11.8 Å². The van der Waals surface area contributed by atoms with Crippen LogP contribution in [0.3, 0.4) is 0 Å². The van der Waals surface area contributed by atoms with Gasteiger partial charge in [-0.3, -0.25) is 14.5 Å². The molecule has 2 amide bonds. The van der Waals surface area contributed by atoms with Crippen molar-refractivity contribution in [1.29, 1.82) is 0 Å². The molecule has 7 nitrogen and oxygen atoms in total. The van der Waals surface area contributed by atoms with E-state index in [4.69, 9.17) is 14.5 Å². The normalized spacial score (nSPS) is 19.5. The number of fused-ring (bicyclic) bond motifs is 1. The first-order chi connectivity index (χ1) is 15.0. The summed E-state index contributed by atoms with van der Waals surface area (Å²) in [6.07, 6.45) is 5.43. The highest BCUT2D eigenvalue weighted by atomic mass is 16.5. The molecule has 158 valence electrons. The van der Waals surface area contributed by atoms with Gasteiger partial charge in [0.15, 0.2) is 0 Å². The summed E-state index contributed by atoms with van der Waals surface area (Å²) in [6, 6.07) is 14.1. The molecule has 2 aromatic carbocycles. The largest absolute Gasteiger partial charge is 0.497 e. The zero-order valence-electron chi connectivity index (χ0n) is 17.6. The number of hydrogen-bond donors (Lipinski definition) is 1. The highest BCUT2D eigenvalue weighted by Gasteiger charge is 2.50. The molecule has 0 fully saturated rings. The molecule has 1 atom stereocenters. The van der Waals surface area contributed by atoms with Gasteiger partial charge in [-0.15, -0.1) is 0 Å². The fourth-order valence-corrected chi connectivity index (χ4v) is 3.73. The summed E-state index contributed by atoms with van der Waals surface area (Å²) >= 11 is 0. The van der Waals surface area contributed by atoms with Crippen LogP contribution in [0.4, 0.5) is 0 Å². The maximum atomic E-state index is 13.6. The SMILES string of the molecule is COc1ccc(OC)c(C[C@@]2(NC(=O)c3ccccc3)N=C3C(C)=CC=CN3C2=O)c1. The lowest BCUT2D eigenvalue weighted by molar-refractivity contribution is -0.130. The zero-order chi connectivity index (χ0) is 22.0. The standard InChI is InChI=1S/C24H23N3O4/c1-16-8-7-13-27-21(16)25-24(23(27)29,26-22(28)17-9-5-4-6-10-17)15-18-14-19(30-2)11-12-20(18)31-3/h4-14H,15H2,1-3H3,(H,26,28)/t24-/m0/s1. The Labute approximate surface area is 180 Å². The van der Waals surface area contributed by atoms with Gasteiger partial charge in [-0.2, -0.15) is 0 Å². The van der Waals surface area contributed by atoms with E-state index in [-0.39, 0.29) is 18.2 Å². The third-order valence-corrected chi connectivity index (χ3v) is 5.32. The van der Waals surface area contributed by atoms with Crippen molar-refractivity contribution in [2.75, 3.05) is 14.2 Å². The minimum Gasteiger partial charge on any atom is -0.497 e. The second-order valence-electron chi connectivity index (χ2n) is 7.34. The second-order valence-corrected chi connectivity index (χ2v) is 7.34. The number of carbonyl (C=O) groups is 2. The van der Waals surface area contributed by atoms with Gasteiger partial charge in [0.2, 0.25) is 5.66 Å². The topological polar surface area (TPSA) is 80.2 Å². The lowest BCUT2D eigenvalue weighted by atomic mass is 9.97. The van der Waals surface area contributed by atoms with Crippen molar-refractivity contribution >= 4 is 17.6 Å². The van der Waals surface area contributed by atoms with E-state index in [1.807, 2.05) is 19.1 Å². The summed E-state index contributed by atoms with van der Waals surface area (Å²) in [6.45, 7) is 1.88. The molecule has 0 saturated carbocycles. The molecule has 2 heterocycles. The van der Waals surface area contributed by atoms with Crippen LogP contribution in [0.1, 0.15) is 22.8 Å². The smallest absolute Gasteiger partial charge is 0.281 e. The number of benzene rings is 2. The van der Waals surface area contributed by atoms with Gasteiger partial charge < -0.3 is 14.8 Å². The average Bonchev–Trinajstić information content (AvgIpc) is 3.07. The number of amides is 2. The fraction of sp³-hybridized carbons (Fsp3) is 0.208. The number of amidine groups is 1. The number of rotatable bonds is 6. The van der Waals surface area contributed by atoms with Crippen LogP contribution in [0.25, 0.3) is 0 Å². The number of aliphatic imine (C=N–C) groups is 1. The minimum absolute atomic E-state index is 0.103. The van der Waals surface area contributed by atoms with E-state index < -0.39 is 5.66 Å². The summed E-state index contributed by atoms with van der Waals surface area (Å²) < 4.78 is 10.8. The van der Waals surface area contributed by atoms with Crippen LogP contribution in [0, 0.1) is 0 Å². The van der Waals surface area contributed by atoms with Crippen molar-refractivity contribution in [3.05, 3.63) is 83.6 Å². The predicted molar refractivity (Wildman–Crippen MR) is 117 cm³/mol. The number of methoxy groups -OCH3 is 2. The quantitative estimate of drug-likeness (QED) is 0.783. The molecule has 0 saturated heterocycles. The second kappa shape index (κ2) is 8.10. The van der Waals surface area contributed by atoms with E-state index >= 15 is 0 Å². The molecule has 4 rings (SSSR count). The minimum atomic E-state index is -1.52. The van der Waals surface area contributed by atoms with Crippen LogP contribution in [-0.2, 0) is 11.2 Å². The molecule has 0 aliphatic carbocycles. The third-order valence-electron chi connectivity index (χ3n) is 5.32. The van der Waals surface area contributed by atoms with Gasteiger partial charge in [0, 0.05) is 23.7 Å². The first-order valence-corrected chi connectivity index (χ1v) is 9.85. The van der Waals surface area contributed by atoms with E-state index in [0.717, 1.165) is 5.57 Å². The molecule has 2 aliphatic rings. The molecule has 0 unspecified atom stereocenters. The Kier molecular flexibility index (Phi) is 5.33. The first kappa shape index (κ1) is 20.4. The van der Waals surface area contributed by atoms with E-state index in [1.165, 1.54) is 4.90 Å². The summed E-state index contributed by atoms with van der Waals surface area (Å²) in [5.41, 5.74) is 0.453. The van der Waals surface area contributed by atoms with Gasteiger partial charge in [-0.1, -0.05) is 24.3 Å². The van der Waals surface area contributed by atoms with Crippen molar-refractivity contribution in [2.45, 2.75) is 19.0 Å². The van der Waals surface area contributed by atoms with Crippen LogP contribution in [0.2, 0.25) is 0 Å². The molecule has 1 N–H and O–H groups in total. The van der Waals surface area contributed by atoms with Crippen molar-refractivity contribution in [2.24, 2.45) is 4.99 Å². The van der Waals surface area contributed by atoms with Crippen molar-refractivity contribution in [3.63, 3.8) is 0 Å². The number of nitrogens with one attached hydrogen (secondary N) is 1. The maximum Gasteiger partial charge on any atom is 0.281 e. The Balaban J connectivity index is 1.79. The molecular weight excluding hydrogens is 394 g/mol. The van der Waals surface area contributed by atoms with E-state index in [1.54, 1.807) is 69.0 Å². The Hall–Kier alpha value is -3.87. The molecule has 0 radical (unpaired) electrons.